The number of carbonyl (C=O) groups excluding carboxylic acids is 1. The second kappa shape index (κ2) is 8.10. The van der Waals surface area contributed by atoms with Crippen molar-refractivity contribution >= 4 is 17.5 Å². The van der Waals surface area contributed by atoms with Gasteiger partial charge < -0.3 is 9.64 Å². The molecule has 1 fully saturated rings. The summed E-state index contributed by atoms with van der Waals surface area (Å²) in [7, 11) is 0. The molecule has 0 unspecified atom stereocenters. The maximum atomic E-state index is 12.9. The van der Waals surface area contributed by atoms with Gasteiger partial charge in [0.15, 0.2) is 5.60 Å². The van der Waals surface area contributed by atoms with E-state index in [-0.39, 0.29) is 5.91 Å². The highest BCUT2D eigenvalue weighted by molar-refractivity contribution is 6.30. The normalized spacial score (nSPS) is 15.9. The lowest BCUT2D eigenvalue weighted by atomic mass is 10.1. The Morgan fingerprint density at radius 2 is 1.85 bits per heavy atom. The van der Waals surface area contributed by atoms with Crippen molar-refractivity contribution in [1.29, 1.82) is 0 Å². The Morgan fingerprint density at radius 1 is 1.15 bits per heavy atom. The van der Waals surface area contributed by atoms with Crippen LogP contribution in [-0.4, -0.2) is 63.8 Å². The number of hydrogen-bond donors (Lipinski definition) is 0. The van der Waals surface area contributed by atoms with E-state index in [0.29, 0.717) is 23.9 Å². The summed E-state index contributed by atoms with van der Waals surface area (Å²) in [6.45, 7) is 8.59. The fourth-order valence-electron chi connectivity index (χ4n) is 3.07. The van der Waals surface area contributed by atoms with E-state index in [1.807, 2.05) is 35.7 Å². The second-order valence-corrected chi connectivity index (χ2v) is 7.41. The number of benzene rings is 1. The van der Waals surface area contributed by atoms with Crippen molar-refractivity contribution in [3.05, 3.63) is 47.7 Å². The zero-order chi connectivity index (χ0) is 18.6. The van der Waals surface area contributed by atoms with E-state index in [4.69, 9.17) is 16.3 Å². The first kappa shape index (κ1) is 18.7. The van der Waals surface area contributed by atoms with Crippen LogP contribution in [0.5, 0.6) is 5.75 Å². The number of ether oxygens (including phenoxy) is 1. The molecule has 0 saturated carbocycles. The average Bonchev–Trinajstić information content (AvgIpc) is 3.15. The van der Waals surface area contributed by atoms with Gasteiger partial charge >= 0.3 is 0 Å². The minimum absolute atomic E-state index is 0.0131. The first-order valence-electron chi connectivity index (χ1n) is 8.88. The van der Waals surface area contributed by atoms with E-state index in [1.165, 1.54) is 0 Å². The van der Waals surface area contributed by atoms with Gasteiger partial charge in [-0.2, -0.15) is 5.10 Å². The first-order valence-corrected chi connectivity index (χ1v) is 9.25. The summed E-state index contributed by atoms with van der Waals surface area (Å²) >= 11 is 5.90. The number of carbonyl (C=O) groups is 1. The Labute approximate surface area is 159 Å². The number of hydrogen-bond acceptors (Lipinski definition) is 4. The summed E-state index contributed by atoms with van der Waals surface area (Å²) in [6, 6.07) is 9.01. The molecule has 1 aromatic heterocycles. The van der Waals surface area contributed by atoms with Crippen molar-refractivity contribution < 1.29 is 9.53 Å². The maximum absolute atomic E-state index is 12.9. The molecule has 1 aromatic carbocycles. The van der Waals surface area contributed by atoms with Gasteiger partial charge in [0.05, 0.1) is 6.54 Å². The summed E-state index contributed by atoms with van der Waals surface area (Å²) in [5, 5.41) is 4.87. The van der Waals surface area contributed by atoms with Crippen LogP contribution < -0.4 is 4.74 Å². The summed E-state index contributed by atoms with van der Waals surface area (Å²) in [5.41, 5.74) is -0.912. The van der Waals surface area contributed by atoms with Gasteiger partial charge in [0.1, 0.15) is 5.75 Å². The molecule has 0 radical (unpaired) electrons. The molecule has 26 heavy (non-hydrogen) atoms. The van der Waals surface area contributed by atoms with Crippen LogP contribution in [0.15, 0.2) is 42.7 Å². The van der Waals surface area contributed by atoms with E-state index in [9.17, 15) is 4.79 Å². The average molecular weight is 377 g/mol. The SMILES string of the molecule is CC(C)(Oc1ccc(Cl)cc1)C(=O)N1CCN(CCn2cccn2)CC1. The van der Waals surface area contributed by atoms with Gasteiger partial charge in [0.25, 0.3) is 5.91 Å². The zero-order valence-electron chi connectivity index (χ0n) is 15.3. The third kappa shape index (κ3) is 4.77. The molecule has 140 valence electrons. The molecule has 0 atom stereocenters. The van der Waals surface area contributed by atoms with Crippen LogP contribution in [0, 0.1) is 0 Å². The quantitative estimate of drug-likeness (QED) is 0.777. The minimum Gasteiger partial charge on any atom is -0.478 e. The molecule has 1 aliphatic heterocycles. The summed E-state index contributed by atoms with van der Waals surface area (Å²) in [6.07, 6.45) is 3.76. The highest BCUT2D eigenvalue weighted by Gasteiger charge is 2.35. The monoisotopic (exact) mass is 376 g/mol. The highest BCUT2D eigenvalue weighted by Crippen LogP contribution is 2.23. The van der Waals surface area contributed by atoms with Gasteiger partial charge in [0.2, 0.25) is 0 Å². The van der Waals surface area contributed by atoms with Crippen LogP contribution in [-0.2, 0) is 11.3 Å². The minimum atomic E-state index is -0.912. The van der Waals surface area contributed by atoms with Gasteiger partial charge in [-0.05, 0) is 44.2 Å². The van der Waals surface area contributed by atoms with E-state index in [1.54, 1.807) is 30.5 Å². The van der Waals surface area contributed by atoms with Crippen molar-refractivity contribution in [3.8, 4) is 5.75 Å². The third-order valence-corrected chi connectivity index (χ3v) is 4.82. The van der Waals surface area contributed by atoms with Crippen LogP contribution in [0.2, 0.25) is 5.02 Å². The Balaban J connectivity index is 1.49. The van der Waals surface area contributed by atoms with Crippen molar-refractivity contribution in [2.75, 3.05) is 32.7 Å². The third-order valence-electron chi connectivity index (χ3n) is 4.57. The van der Waals surface area contributed by atoms with E-state index < -0.39 is 5.60 Å². The maximum Gasteiger partial charge on any atom is 0.266 e. The van der Waals surface area contributed by atoms with Crippen LogP contribution in [0.1, 0.15) is 13.8 Å². The number of aromatic nitrogens is 2. The Bertz CT molecular complexity index is 708. The molecular weight excluding hydrogens is 352 g/mol. The largest absolute Gasteiger partial charge is 0.478 e. The van der Waals surface area contributed by atoms with Crippen LogP contribution >= 0.6 is 11.6 Å². The van der Waals surface area contributed by atoms with Gasteiger partial charge in [-0.3, -0.25) is 14.4 Å². The van der Waals surface area contributed by atoms with Gasteiger partial charge in [-0.15, -0.1) is 0 Å². The van der Waals surface area contributed by atoms with Crippen LogP contribution in [0.3, 0.4) is 0 Å². The molecule has 0 bridgehead atoms. The Hall–Kier alpha value is -2.05. The second-order valence-electron chi connectivity index (χ2n) is 6.97. The molecule has 3 rings (SSSR count). The van der Waals surface area contributed by atoms with E-state index in [2.05, 4.69) is 10.00 Å². The highest BCUT2D eigenvalue weighted by atomic mass is 35.5. The molecule has 0 spiro atoms. The Morgan fingerprint density at radius 3 is 2.46 bits per heavy atom. The Kier molecular flexibility index (Phi) is 5.84. The number of piperazine rings is 1. The summed E-state index contributed by atoms with van der Waals surface area (Å²) in [4.78, 5) is 17.1. The fourth-order valence-corrected chi connectivity index (χ4v) is 3.20. The number of rotatable bonds is 6. The van der Waals surface area contributed by atoms with Gasteiger partial charge in [-0.1, -0.05) is 11.6 Å². The predicted molar refractivity (Wildman–Crippen MR) is 101 cm³/mol. The molecular formula is C19H25ClN4O2. The molecule has 2 aromatic rings. The van der Waals surface area contributed by atoms with Crippen molar-refractivity contribution in [3.63, 3.8) is 0 Å². The lowest BCUT2D eigenvalue weighted by Gasteiger charge is -2.38. The lowest BCUT2D eigenvalue weighted by molar-refractivity contribution is -0.147. The standard InChI is InChI=1S/C19H25ClN4O2/c1-19(2,26-17-6-4-16(20)5-7-17)18(25)23-13-10-22(11-14-23)12-15-24-9-3-8-21-24/h3-9H,10-15H2,1-2H3. The summed E-state index contributed by atoms with van der Waals surface area (Å²) in [5.74, 6) is 0.657. The van der Waals surface area contributed by atoms with Gasteiger partial charge in [0, 0.05) is 50.1 Å². The van der Waals surface area contributed by atoms with Crippen molar-refractivity contribution in [2.24, 2.45) is 0 Å². The number of halogens is 1. The molecule has 2 heterocycles. The molecule has 6 nitrogen and oxygen atoms in total. The summed E-state index contributed by atoms with van der Waals surface area (Å²) < 4.78 is 7.85. The molecule has 0 N–H and O–H groups in total. The smallest absolute Gasteiger partial charge is 0.266 e. The van der Waals surface area contributed by atoms with E-state index in [0.717, 1.165) is 26.2 Å². The molecule has 1 amide bonds. The lowest BCUT2D eigenvalue weighted by Crippen LogP contribution is -2.56. The van der Waals surface area contributed by atoms with E-state index >= 15 is 0 Å². The molecule has 1 saturated heterocycles. The molecule has 1 aliphatic rings. The predicted octanol–water partition coefficient (Wildman–Crippen LogP) is 2.54. The number of amides is 1. The number of nitrogens with zero attached hydrogens (tertiary/aromatic N) is 4. The topological polar surface area (TPSA) is 50.6 Å². The first-order chi connectivity index (χ1) is 12.4. The molecule has 7 heteroatoms. The fraction of sp³-hybridized carbons (Fsp3) is 0.474. The molecule has 0 aliphatic carbocycles. The van der Waals surface area contributed by atoms with Gasteiger partial charge in [-0.25, -0.2) is 0 Å². The van der Waals surface area contributed by atoms with Crippen molar-refractivity contribution in [2.45, 2.75) is 26.0 Å². The van der Waals surface area contributed by atoms with Crippen molar-refractivity contribution in [1.82, 2.24) is 19.6 Å². The van der Waals surface area contributed by atoms with Crippen LogP contribution in [0.4, 0.5) is 0 Å². The van der Waals surface area contributed by atoms with Crippen LogP contribution in [0.25, 0.3) is 0 Å². The zero-order valence-corrected chi connectivity index (χ0v) is 16.0.